The topological polar surface area (TPSA) is 29.3 Å². The molecular formula is C7H16N2. The fourth-order valence-electron chi connectivity index (χ4n) is 1.53. The number of hydrogen-bond donors (Lipinski definition) is 1. The van der Waals surface area contributed by atoms with E-state index in [4.69, 9.17) is 5.73 Å². The second-order valence-electron chi connectivity index (χ2n) is 3.50. The van der Waals surface area contributed by atoms with E-state index in [1.165, 1.54) is 19.4 Å². The fourth-order valence-corrected chi connectivity index (χ4v) is 1.53. The van der Waals surface area contributed by atoms with E-state index in [1.807, 2.05) is 0 Å². The number of hydrogen-bond acceptors (Lipinski definition) is 2. The van der Waals surface area contributed by atoms with E-state index in [9.17, 15) is 0 Å². The van der Waals surface area contributed by atoms with Gasteiger partial charge in [-0.1, -0.05) is 0 Å². The molecular weight excluding hydrogens is 112 g/mol. The molecule has 0 amide bonds. The summed E-state index contributed by atoms with van der Waals surface area (Å²) in [6.45, 7) is 4.39. The number of nitrogens with zero attached hydrogens (tertiary/aromatic N) is 1. The van der Waals surface area contributed by atoms with E-state index in [1.54, 1.807) is 0 Å². The van der Waals surface area contributed by atoms with Crippen molar-refractivity contribution < 1.29 is 0 Å². The lowest BCUT2D eigenvalue weighted by Crippen LogP contribution is -2.50. The van der Waals surface area contributed by atoms with Gasteiger partial charge in [-0.3, -0.25) is 0 Å². The highest BCUT2D eigenvalue weighted by atomic mass is 15.1. The van der Waals surface area contributed by atoms with Crippen LogP contribution in [0.25, 0.3) is 0 Å². The van der Waals surface area contributed by atoms with Crippen LogP contribution >= 0.6 is 0 Å². The van der Waals surface area contributed by atoms with Crippen LogP contribution in [0, 0.1) is 0 Å². The number of likely N-dealkylation sites (tertiary alicyclic amines) is 1. The molecule has 1 saturated heterocycles. The number of rotatable bonds is 0. The zero-order valence-corrected chi connectivity index (χ0v) is 6.35. The first-order valence-electron chi connectivity index (χ1n) is 3.58. The zero-order valence-electron chi connectivity index (χ0n) is 6.35. The minimum atomic E-state index is 0.0764. The Kier molecular flexibility index (Phi) is 1.78. The highest BCUT2D eigenvalue weighted by Crippen LogP contribution is 2.15. The van der Waals surface area contributed by atoms with Gasteiger partial charge in [0.05, 0.1) is 0 Å². The predicted octanol–water partition coefficient (Wildman–Crippen LogP) is 0.429. The molecule has 1 fully saturated rings. The summed E-state index contributed by atoms with van der Waals surface area (Å²) in [4.78, 5) is 2.30. The number of nitrogens with two attached hydrogens (primary N) is 1. The van der Waals surface area contributed by atoms with Crippen molar-refractivity contribution in [3.05, 3.63) is 0 Å². The van der Waals surface area contributed by atoms with Crippen LogP contribution < -0.4 is 5.73 Å². The molecule has 54 valence electrons. The Balaban J connectivity index is 2.41. The Bertz CT molecular complexity index is 99.1. The molecule has 0 unspecified atom stereocenters. The first-order valence-corrected chi connectivity index (χ1v) is 3.58. The van der Waals surface area contributed by atoms with Crippen molar-refractivity contribution >= 4 is 0 Å². The quantitative estimate of drug-likeness (QED) is 0.512. The molecule has 0 radical (unpaired) electrons. The van der Waals surface area contributed by atoms with E-state index in [0.717, 1.165) is 6.54 Å². The maximum atomic E-state index is 5.93. The highest BCUT2D eigenvalue weighted by molar-refractivity contribution is 4.85. The van der Waals surface area contributed by atoms with Crippen molar-refractivity contribution in [3.8, 4) is 0 Å². The molecule has 2 nitrogen and oxygen atoms in total. The van der Waals surface area contributed by atoms with Gasteiger partial charge in [0, 0.05) is 12.1 Å². The van der Waals surface area contributed by atoms with E-state index in [0.29, 0.717) is 0 Å². The summed E-state index contributed by atoms with van der Waals surface area (Å²) >= 11 is 0. The summed E-state index contributed by atoms with van der Waals surface area (Å²) in [7, 11) is 2.13. The van der Waals surface area contributed by atoms with Crippen molar-refractivity contribution in [2.24, 2.45) is 5.73 Å². The molecule has 1 atom stereocenters. The van der Waals surface area contributed by atoms with Crippen LogP contribution in [0.1, 0.15) is 19.8 Å². The normalized spacial score (nSPS) is 39.0. The van der Waals surface area contributed by atoms with Crippen molar-refractivity contribution in [1.29, 1.82) is 0 Å². The number of likely N-dealkylation sites (N-methyl/N-ethyl adjacent to an activating group) is 1. The first-order chi connectivity index (χ1) is 4.10. The van der Waals surface area contributed by atoms with Crippen LogP contribution in [0.2, 0.25) is 0 Å². The van der Waals surface area contributed by atoms with Crippen molar-refractivity contribution in [3.63, 3.8) is 0 Å². The molecule has 1 aliphatic heterocycles. The summed E-state index contributed by atoms with van der Waals surface area (Å²) in [5.74, 6) is 0. The van der Waals surface area contributed by atoms with Gasteiger partial charge in [0.2, 0.25) is 0 Å². The molecule has 0 aromatic rings. The largest absolute Gasteiger partial charge is 0.324 e. The zero-order chi connectivity index (χ0) is 6.91. The van der Waals surface area contributed by atoms with E-state index in [-0.39, 0.29) is 5.54 Å². The Labute approximate surface area is 57.0 Å². The molecule has 9 heavy (non-hydrogen) atoms. The van der Waals surface area contributed by atoms with Crippen LogP contribution in [-0.4, -0.2) is 30.6 Å². The standard InChI is InChI=1S/C7H16N2/c1-7(8)4-3-5-9(2)6-7/h3-6,8H2,1-2H3/t7-/m0/s1. The summed E-state index contributed by atoms with van der Waals surface area (Å²) in [5, 5.41) is 0. The average Bonchev–Trinajstić information content (AvgIpc) is 1.60. The molecule has 0 saturated carbocycles. The third-order valence-electron chi connectivity index (χ3n) is 1.92. The maximum absolute atomic E-state index is 5.93. The van der Waals surface area contributed by atoms with Gasteiger partial charge in [0.15, 0.2) is 0 Å². The second-order valence-corrected chi connectivity index (χ2v) is 3.50. The van der Waals surface area contributed by atoms with Gasteiger partial charge >= 0.3 is 0 Å². The van der Waals surface area contributed by atoms with E-state index < -0.39 is 0 Å². The lowest BCUT2D eigenvalue weighted by atomic mass is 9.93. The molecule has 0 aliphatic carbocycles. The van der Waals surface area contributed by atoms with Gasteiger partial charge in [-0.25, -0.2) is 0 Å². The van der Waals surface area contributed by atoms with Crippen molar-refractivity contribution in [2.75, 3.05) is 20.1 Å². The molecule has 0 spiro atoms. The molecule has 1 heterocycles. The molecule has 1 rings (SSSR count). The van der Waals surface area contributed by atoms with E-state index >= 15 is 0 Å². The molecule has 0 bridgehead atoms. The average molecular weight is 128 g/mol. The molecule has 0 aromatic heterocycles. The van der Waals surface area contributed by atoms with Gasteiger partial charge in [0.1, 0.15) is 0 Å². The maximum Gasteiger partial charge on any atom is 0.0255 e. The molecule has 2 N–H and O–H groups in total. The van der Waals surface area contributed by atoms with Gasteiger partial charge in [-0.05, 0) is 33.4 Å². The minimum absolute atomic E-state index is 0.0764. The summed E-state index contributed by atoms with van der Waals surface area (Å²) < 4.78 is 0. The SMILES string of the molecule is CN1CCC[C@](C)(N)C1. The third-order valence-corrected chi connectivity index (χ3v) is 1.92. The van der Waals surface area contributed by atoms with Crippen LogP contribution in [0.4, 0.5) is 0 Å². The monoisotopic (exact) mass is 128 g/mol. The van der Waals surface area contributed by atoms with Crippen molar-refractivity contribution in [1.82, 2.24) is 4.90 Å². The highest BCUT2D eigenvalue weighted by Gasteiger charge is 2.23. The van der Waals surface area contributed by atoms with Crippen LogP contribution in [0.3, 0.4) is 0 Å². The molecule has 2 heteroatoms. The smallest absolute Gasteiger partial charge is 0.0255 e. The summed E-state index contributed by atoms with van der Waals surface area (Å²) in [5.41, 5.74) is 6.00. The van der Waals surface area contributed by atoms with Crippen LogP contribution in [0.15, 0.2) is 0 Å². The second kappa shape index (κ2) is 2.27. The van der Waals surface area contributed by atoms with Gasteiger partial charge in [-0.15, -0.1) is 0 Å². The lowest BCUT2D eigenvalue weighted by Gasteiger charge is -2.35. The Morgan fingerprint density at radius 3 is 2.56 bits per heavy atom. The Morgan fingerprint density at radius 2 is 2.22 bits per heavy atom. The van der Waals surface area contributed by atoms with Crippen molar-refractivity contribution in [2.45, 2.75) is 25.3 Å². The van der Waals surface area contributed by atoms with Gasteiger partial charge in [0.25, 0.3) is 0 Å². The first kappa shape index (κ1) is 7.03. The number of piperidine rings is 1. The molecule has 1 aliphatic rings. The molecule has 0 aromatic carbocycles. The van der Waals surface area contributed by atoms with E-state index in [2.05, 4.69) is 18.9 Å². The summed E-state index contributed by atoms with van der Waals surface area (Å²) in [6, 6.07) is 0. The Hall–Kier alpha value is -0.0800. The minimum Gasteiger partial charge on any atom is -0.324 e. The van der Waals surface area contributed by atoms with Crippen LogP contribution in [0.5, 0.6) is 0 Å². The van der Waals surface area contributed by atoms with Gasteiger partial charge < -0.3 is 10.6 Å². The Morgan fingerprint density at radius 1 is 1.56 bits per heavy atom. The van der Waals surface area contributed by atoms with Crippen LogP contribution in [-0.2, 0) is 0 Å². The van der Waals surface area contributed by atoms with Gasteiger partial charge in [-0.2, -0.15) is 0 Å². The fraction of sp³-hybridized carbons (Fsp3) is 1.00. The lowest BCUT2D eigenvalue weighted by molar-refractivity contribution is 0.192. The predicted molar refractivity (Wildman–Crippen MR) is 39.3 cm³/mol. The third kappa shape index (κ3) is 1.95. The summed E-state index contributed by atoms with van der Waals surface area (Å²) in [6.07, 6.45) is 2.43.